The van der Waals surface area contributed by atoms with E-state index in [2.05, 4.69) is 10.3 Å². The molecule has 0 bridgehead atoms. The van der Waals surface area contributed by atoms with Gasteiger partial charge in [-0.05, 0) is 48.9 Å². The molecule has 0 aliphatic rings. The number of hydrogen-bond acceptors (Lipinski definition) is 4. The molecule has 4 aromatic rings. The second-order valence-electron chi connectivity index (χ2n) is 6.21. The lowest BCUT2D eigenvalue weighted by atomic mass is 10.1. The summed E-state index contributed by atoms with van der Waals surface area (Å²) in [5.74, 6) is 0.992. The van der Waals surface area contributed by atoms with Gasteiger partial charge in [0.05, 0.1) is 30.1 Å². The molecule has 0 radical (unpaired) electrons. The van der Waals surface area contributed by atoms with Crippen molar-refractivity contribution >= 4 is 22.5 Å². The molecule has 4 rings (SSSR count). The maximum absolute atomic E-state index is 13.1. The predicted molar refractivity (Wildman–Crippen MR) is 105 cm³/mol. The number of anilines is 1. The van der Waals surface area contributed by atoms with E-state index in [1.165, 1.54) is 0 Å². The van der Waals surface area contributed by atoms with E-state index in [1.54, 1.807) is 25.5 Å². The number of ether oxygens (including phenoxy) is 1. The van der Waals surface area contributed by atoms with Crippen LogP contribution in [0.5, 0.6) is 5.75 Å². The number of carbonyl (C=O) groups is 1. The molecule has 0 saturated carbocycles. The van der Waals surface area contributed by atoms with Crippen LogP contribution in [0.25, 0.3) is 22.4 Å². The van der Waals surface area contributed by atoms with Crippen LogP contribution >= 0.6 is 0 Å². The SMILES string of the molecule is COc1ccc(C)cc1NC(=O)c1cc(-c2ccco2)nc2ccccc12. The van der Waals surface area contributed by atoms with Crippen LogP contribution in [0.15, 0.2) is 71.3 Å². The second-order valence-corrected chi connectivity index (χ2v) is 6.21. The molecule has 0 saturated heterocycles. The minimum absolute atomic E-state index is 0.231. The van der Waals surface area contributed by atoms with Crippen LogP contribution in [0.2, 0.25) is 0 Å². The summed E-state index contributed by atoms with van der Waals surface area (Å²) in [6, 6.07) is 18.6. The van der Waals surface area contributed by atoms with Gasteiger partial charge in [0.1, 0.15) is 11.4 Å². The Morgan fingerprint density at radius 3 is 2.70 bits per heavy atom. The number of benzene rings is 2. The third kappa shape index (κ3) is 3.27. The van der Waals surface area contributed by atoms with E-state index < -0.39 is 0 Å². The highest BCUT2D eigenvalue weighted by Gasteiger charge is 2.16. The molecular weight excluding hydrogens is 340 g/mol. The summed E-state index contributed by atoms with van der Waals surface area (Å²) in [6.07, 6.45) is 1.59. The number of nitrogens with one attached hydrogen (secondary N) is 1. The number of furan rings is 1. The number of carbonyl (C=O) groups excluding carboxylic acids is 1. The van der Waals surface area contributed by atoms with E-state index in [0.29, 0.717) is 28.5 Å². The Morgan fingerprint density at radius 1 is 1.07 bits per heavy atom. The summed E-state index contributed by atoms with van der Waals surface area (Å²) in [6.45, 7) is 1.96. The van der Waals surface area contributed by atoms with E-state index in [4.69, 9.17) is 9.15 Å². The van der Waals surface area contributed by atoms with Gasteiger partial charge in [0, 0.05) is 5.39 Å². The molecular formula is C22H18N2O3. The third-order valence-electron chi connectivity index (χ3n) is 4.34. The van der Waals surface area contributed by atoms with E-state index in [1.807, 2.05) is 55.5 Å². The van der Waals surface area contributed by atoms with Crippen LogP contribution in [0.1, 0.15) is 15.9 Å². The van der Waals surface area contributed by atoms with Crippen LogP contribution in [-0.2, 0) is 0 Å². The van der Waals surface area contributed by atoms with Gasteiger partial charge in [-0.2, -0.15) is 0 Å². The molecule has 0 spiro atoms. The monoisotopic (exact) mass is 358 g/mol. The van der Waals surface area contributed by atoms with Gasteiger partial charge in [0.25, 0.3) is 5.91 Å². The smallest absolute Gasteiger partial charge is 0.256 e. The van der Waals surface area contributed by atoms with Gasteiger partial charge in [0.2, 0.25) is 0 Å². The topological polar surface area (TPSA) is 64.4 Å². The van der Waals surface area contributed by atoms with Crippen LogP contribution in [0, 0.1) is 6.92 Å². The zero-order valence-electron chi connectivity index (χ0n) is 15.0. The van der Waals surface area contributed by atoms with Crippen LogP contribution in [0.4, 0.5) is 5.69 Å². The Labute approximate surface area is 156 Å². The molecule has 2 aromatic carbocycles. The van der Waals surface area contributed by atoms with Crippen molar-refractivity contribution in [2.24, 2.45) is 0 Å². The molecule has 134 valence electrons. The van der Waals surface area contributed by atoms with Gasteiger partial charge in [-0.1, -0.05) is 24.3 Å². The summed E-state index contributed by atoms with van der Waals surface area (Å²) < 4.78 is 10.8. The number of fused-ring (bicyclic) bond motifs is 1. The molecule has 1 amide bonds. The van der Waals surface area contributed by atoms with Crippen molar-refractivity contribution < 1.29 is 13.9 Å². The fourth-order valence-corrected chi connectivity index (χ4v) is 3.02. The normalized spacial score (nSPS) is 10.7. The van der Waals surface area contributed by atoms with E-state index in [0.717, 1.165) is 16.5 Å². The minimum Gasteiger partial charge on any atom is -0.495 e. The first-order valence-electron chi connectivity index (χ1n) is 8.55. The van der Waals surface area contributed by atoms with Crippen molar-refractivity contribution in [3.63, 3.8) is 0 Å². The Balaban J connectivity index is 1.81. The second kappa shape index (κ2) is 6.96. The van der Waals surface area contributed by atoms with Gasteiger partial charge in [-0.25, -0.2) is 4.98 Å². The van der Waals surface area contributed by atoms with Crippen molar-refractivity contribution in [1.29, 1.82) is 0 Å². The van der Waals surface area contributed by atoms with Crippen LogP contribution in [0.3, 0.4) is 0 Å². The summed E-state index contributed by atoms with van der Waals surface area (Å²) in [7, 11) is 1.58. The lowest BCUT2D eigenvalue weighted by Crippen LogP contribution is -2.14. The molecule has 5 heteroatoms. The summed E-state index contributed by atoms with van der Waals surface area (Å²) in [5.41, 5.74) is 3.52. The number of hydrogen-bond donors (Lipinski definition) is 1. The summed E-state index contributed by atoms with van der Waals surface area (Å²) in [4.78, 5) is 17.7. The number of rotatable bonds is 4. The average Bonchev–Trinajstić information content (AvgIpc) is 3.22. The van der Waals surface area contributed by atoms with Gasteiger partial charge < -0.3 is 14.5 Å². The number of methoxy groups -OCH3 is 1. The molecule has 0 unspecified atom stereocenters. The van der Waals surface area contributed by atoms with Gasteiger partial charge in [-0.3, -0.25) is 4.79 Å². The average molecular weight is 358 g/mol. The fraction of sp³-hybridized carbons (Fsp3) is 0.0909. The number of amides is 1. The van der Waals surface area contributed by atoms with Gasteiger partial charge >= 0.3 is 0 Å². The first-order chi connectivity index (χ1) is 13.2. The van der Waals surface area contributed by atoms with Crippen molar-refractivity contribution in [3.8, 4) is 17.2 Å². The lowest BCUT2D eigenvalue weighted by molar-refractivity contribution is 0.102. The summed E-state index contributed by atoms with van der Waals surface area (Å²) >= 11 is 0. The number of aromatic nitrogens is 1. The highest BCUT2D eigenvalue weighted by atomic mass is 16.5. The van der Waals surface area contributed by atoms with E-state index in [9.17, 15) is 4.79 Å². The molecule has 0 aliphatic carbocycles. The molecule has 27 heavy (non-hydrogen) atoms. The largest absolute Gasteiger partial charge is 0.495 e. The predicted octanol–water partition coefficient (Wildman–Crippen LogP) is 5.06. The molecule has 0 aliphatic heterocycles. The third-order valence-corrected chi connectivity index (χ3v) is 4.34. The Morgan fingerprint density at radius 2 is 1.93 bits per heavy atom. The first kappa shape index (κ1) is 16.8. The quantitative estimate of drug-likeness (QED) is 0.553. The minimum atomic E-state index is -0.231. The lowest BCUT2D eigenvalue weighted by Gasteiger charge is -2.13. The zero-order valence-corrected chi connectivity index (χ0v) is 15.0. The number of aryl methyl sites for hydroxylation is 1. The van der Waals surface area contributed by atoms with Crippen LogP contribution < -0.4 is 10.1 Å². The fourth-order valence-electron chi connectivity index (χ4n) is 3.02. The maximum Gasteiger partial charge on any atom is 0.256 e. The molecule has 5 nitrogen and oxygen atoms in total. The van der Waals surface area contributed by atoms with Crippen LogP contribution in [-0.4, -0.2) is 18.0 Å². The Kier molecular flexibility index (Phi) is 4.34. The highest BCUT2D eigenvalue weighted by Crippen LogP contribution is 2.29. The number of nitrogens with zero attached hydrogens (tertiary/aromatic N) is 1. The standard InChI is InChI=1S/C22H18N2O3/c1-14-9-10-20(26-2)18(12-14)24-22(25)16-13-19(21-8-5-11-27-21)23-17-7-4-3-6-15(16)17/h3-13H,1-2H3,(H,24,25). The van der Waals surface area contributed by atoms with Crippen molar-refractivity contribution in [1.82, 2.24) is 4.98 Å². The molecule has 2 aromatic heterocycles. The van der Waals surface area contributed by atoms with Crippen molar-refractivity contribution in [3.05, 3.63) is 78.1 Å². The molecule has 1 N–H and O–H groups in total. The van der Waals surface area contributed by atoms with Gasteiger partial charge in [-0.15, -0.1) is 0 Å². The van der Waals surface area contributed by atoms with E-state index >= 15 is 0 Å². The summed E-state index contributed by atoms with van der Waals surface area (Å²) in [5, 5.41) is 3.74. The maximum atomic E-state index is 13.1. The Bertz CT molecular complexity index is 1120. The molecule has 0 atom stereocenters. The highest BCUT2D eigenvalue weighted by molar-refractivity contribution is 6.13. The Hall–Kier alpha value is -3.60. The van der Waals surface area contributed by atoms with Crippen molar-refractivity contribution in [2.45, 2.75) is 6.92 Å². The van der Waals surface area contributed by atoms with Gasteiger partial charge in [0.15, 0.2) is 5.76 Å². The zero-order chi connectivity index (χ0) is 18.8. The van der Waals surface area contributed by atoms with Crippen molar-refractivity contribution in [2.75, 3.05) is 12.4 Å². The first-order valence-corrected chi connectivity index (χ1v) is 8.55. The van der Waals surface area contributed by atoms with E-state index in [-0.39, 0.29) is 5.91 Å². The number of pyridine rings is 1. The molecule has 2 heterocycles. The number of para-hydroxylation sites is 1. The molecule has 0 fully saturated rings.